The number of aromatic nitrogens is 2. The Morgan fingerprint density at radius 1 is 1.14 bits per heavy atom. The number of aryl methyl sites for hydroxylation is 1. The van der Waals surface area contributed by atoms with E-state index in [2.05, 4.69) is 49.1 Å². The predicted molar refractivity (Wildman–Crippen MR) is 127 cm³/mol. The summed E-state index contributed by atoms with van der Waals surface area (Å²) in [5, 5.41) is 3.17. The van der Waals surface area contributed by atoms with Crippen molar-refractivity contribution in [2.75, 3.05) is 49.5 Å². The average molecular weight is 495 g/mol. The molecule has 1 aliphatic rings. The molecule has 152 valence electrons. The quantitative estimate of drug-likeness (QED) is 0.266. The SMILES string of the molecule is CCc1cccc(NC(N)=NCCCN2CCN(c3ncccn3)CC2)c1.I. The van der Waals surface area contributed by atoms with E-state index in [1.54, 1.807) is 12.4 Å². The van der Waals surface area contributed by atoms with Crippen molar-refractivity contribution in [3.05, 3.63) is 48.3 Å². The Bertz CT molecular complexity index is 730. The minimum Gasteiger partial charge on any atom is -0.370 e. The summed E-state index contributed by atoms with van der Waals surface area (Å²) >= 11 is 0. The molecule has 0 radical (unpaired) electrons. The summed E-state index contributed by atoms with van der Waals surface area (Å²) in [5.74, 6) is 1.31. The first kappa shape index (κ1) is 22.4. The molecule has 1 aliphatic heterocycles. The van der Waals surface area contributed by atoms with Gasteiger partial charge in [0.1, 0.15) is 0 Å². The van der Waals surface area contributed by atoms with E-state index >= 15 is 0 Å². The van der Waals surface area contributed by atoms with Gasteiger partial charge in [-0.1, -0.05) is 19.1 Å². The Labute approximate surface area is 184 Å². The van der Waals surface area contributed by atoms with Crippen molar-refractivity contribution >= 4 is 41.6 Å². The van der Waals surface area contributed by atoms with Crippen LogP contribution in [0.3, 0.4) is 0 Å². The fraction of sp³-hybridized carbons (Fsp3) is 0.450. The zero-order chi connectivity index (χ0) is 18.9. The van der Waals surface area contributed by atoms with Gasteiger partial charge in [0.05, 0.1) is 0 Å². The zero-order valence-corrected chi connectivity index (χ0v) is 18.8. The average Bonchev–Trinajstić information content (AvgIpc) is 2.72. The smallest absolute Gasteiger partial charge is 0.225 e. The van der Waals surface area contributed by atoms with Crippen LogP contribution in [-0.4, -0.2) is 60.1 Å². The molecule has 0 atom stereocenters. The van der Waals surface area contributed by atoms with E-state index in [0.29, 0.717) is 5.96 Å². The second-order valence-electron chi connectivity index (χ2n) is 6.68. The lowest BCUT2D eigenvalue weighted by atomic mass is 10.1. The molecule has 28 heavy (non-hydrogen) atoms. The lowest BCUT2D eigenvalue weighted by molar-refractivity contribution is 0.255. The molecule has 1 saturated heterocycles. The summed E-state index contributed by atoms with van der Waals surface area (Å²) in [5.41, 5.74) is 8.28. The van der Waals surface area contributed by atoms with Gasteiger partial charge in [-0.15, -0.1) is 24.0 Å². The summed E-state index contributed by atoms with van der Waals surface area (Å²) in [4.78, 5) is 17.8. The van der Waals surface area contributed by atoms with Crippen molar-refractivity contribution in [1.82, 2.24) is 14.9 Å². The van der Waals surface area contributed by atoms with Gasteiger partial charge in [0.2, 0.25) is 5.95 Å². The number of hydrogen-bond donors (Lipinski definition) is 2. The molecular weight excluding hydrogens is 465 g/mol. The van der Waals surface area contributed by atoms with Gasteiger partial charge in [0.15, 0.2) is 5.96 Å². The number of hydrogen-bond acceptors (Lipinski definition) is 5. The zero-order valence-electron chi connectivity index (χ0n) is 16.4. The van der Waals surface area contributed by atoms with E-state index in [-0.39, 0.29) is 24.0 Å². The number of guanidine groups is 1. The van der Waals surface area contributed by atoms with Crippen LogP contribution in [-0.2, 0) is 6.42 Å². The molecule has 1 aromatic heterocycles. The highest BCUT2D eigenvalue weighted by Crippen LogP contribution is 2.11. The van der Waals surface area contributed by atoms with Crippen LogP contribution in [0.15, 0.2) is 47.7 Å². The highest BCUT2D eigenvalue weighted by atomic mass is 127. The van der Waals surface area contributed by atoms with Crippen molar-refractivity contribution in [2.45, 2.75) is 19.8 Å². The van der Waals surface area contributed by atoms with E-state index in [0.717, 1.165) is 63.7 Å². The fourth-order valence-electron chi connectivity index (χ4n) is 3.18. The second-order valence-corrected chi connectivity index (χ2v) is 6.68. The lowest BCUT2D eigenvalue weighted by Gasteiger charge is -2.34. The van der Waals surface area contributed by atoms with Crippen molar-refractivity contribution < 1.29 is 0 Å². The fourth-order valence-corrected chi connectivity index (χ4v) is 3.18. The van der Waals surface area contributed by atoms with Gasteiger partial charge in [-0.2, -0.15) is 0 Å². The molecule has 0 spiro atoms. The number of nitrogens with one attached hydrogen (secondary N) is 1. The maximum Gasteiger partial charge on any atom is 0.225 e. The van der Waals surface area contributed by atoms with Gasteiger partial charge in [-0.25, -0.2) is 9.97 Å². The highest BCUT2D eigenvalue weighted by molar-refractivity contribution is 14.0. The molecule has 2 aromatic rings. The molecule has 8 heteroatoms. The molecular formula is C20H30IN7. The van der Waals surface area contributed by atoms with E-state index < -0.39 is 0 Å². The van der Waals surface area contributed by atoms with Crippen LogP contribution in [0.1, 0.15) is 18.9 Å². The third kappa shape index (κ3) is 6.90. The molecule has 7 nitrogen and oxygen atoms in total. The van der Waals surface area contributed by atoms with Gasteiger partial charge in [-0.3, -0.25) is 9.89 Å². The normalized spacial score (nSPS) is 15.2. The number of nitrogens with zero attached hydrogens (tertiary/aromatic N) is 5. The third-order valence-electron chi connectivity index (χ3n) is 4.73. The van der Waals surface area contributed by atoms with Gasteiger partial charge in [-0.05, 0) is 36.6 Å². The third-order valence-corrected chi connectivity index (χ3v) is 4.73. The summed E-state index contributed by atoms with van der Waals surface area (Å²) < 4.78 is 0. The summed E-state index contributed by atoms with van der Waals surface area (Å²) in [7, 11) is 0. The van der Waals surface area contributed by atoms with E-state index in [9.17, 15) is 0 Å². The number of piperazine rings is 1. The van der Waals surface area contributed by atoms with Crippen molar-refractivity contribution in [3.63, 3.8) is 0 Å². The van der Waals surface area contributed by atoms with E-state index in [1.165, 1.54) is 5.56 Å². The Hall–Kier alpha value is -1.94. The monoisotopic (exact) mass is 495 g/mol. The van der Waals surface area contributed by atoms with Crippen LogP contribution < -0.4 is 16.0 Å². The second kappa shape index (κ2) is 11.8. The van der Waals surface area contributed by atoms with E-state index in [4.69, 9.17) is 5.73 Å². The first-order valence-electron chi connectivity index (χ1n) is 9.65. The summed E-state index contributed by atoms with van der Waals surface area (Å²) in [6.45, 7) is 7.89. The van der Waals surface area contributed by atoms with Crippen LogP contribution in [0.2, 0.25) is 0 Å². The molecule has 0 aliphatic carbocycles. The maximum absolute atomic E-state index is 6.00. The van der Waals surface area contributed by atoms with Crippen LogP contribution in [0.4, 0.5) is 11.6 Å². The molecule has 1 aromatic carbocycles. The Balaban J connectivity index is 0.00000280. The van der Waals surface area contributed by atoms with Crippen molar-refractivity contribution in [3.8, 4) is 0 Å². The molecule has 0 unspecified atom stereocenters. The molecule has 3 rings (SSSR count). The van der Waals surface area contributed by atoms with Crippen LogP contribution in [0.5, 0.6) is 0 Å². The number of rotatable bonds is 7. The van der Waals surface area contributed by atoms with Gasteiger partial charge >= 0.3 is 0 Å². The van der Waals surface area contributed by atoms with Crippen molar-refractivity contribution in [2.24, 2.45) is 10.7 Å². The summed E-state index contributed by atoms with van der Waals surface area (Å²) in [6.07, 6.45) is 5.60. The lowest BCUT2D eigenvalue weighted by Crippen LogP contribution is -2.47. The predicted octanol–water partition coefficient (Wildman–Crippen LogP) is 2.60. The standard InChI is InChI=1S/C20H29N7.HI/c1-2-17-6-3-7-18(16-17)25-19(21)22-10-5-11-26-12-14-27(15-13-26)20-23-8-4-9-24-20;/h3-4,6-9,16H,2,5,10-15H2,1H3,(H3,21,22,25);1H. The number of benzene rings is 1. The van der Waals surface area contributed by atoms with Crippen molar-refractivity contribution in [1.29, 1.82) is 0 Å². The Kier molecular flexibility index (Phi) is 9.42. The van der Waals surface area contributed by atoms with Crippen LogP contribution in [0.25, 0.3) is 0 Å². The topological polar surface area (TPSA) is 82.7 Å². The highest BCUT2D eigenvalue weighted by Gasteiger charge is 2.17. The number of aliphatic imine (C=N–C) groups is 1. The Morgan fingerprint density at radius 3 is 2.61 bits per heavy atom. The van der Waals surface area contributed by atoms with Crippen LogP contribution >= 0.6 is 24.0 Å². The first-order chi connectivity index (χ1) is 13.2. The minimum absolute atomic E-state index is 0. The number of anilines is 2. The summed E-state index contributed by atoms with van der Waals surface area (Å²) in [6, 6.07) is 10.1. The number of nitrogens with two attached hydrogens (primary N) is 1. The maximum atomic E-state index is 6.00. The van der Waals surface area contributed by atoms with Gasteiger partial charge in [0, 0.05) is 57.3 Å². The molecule has 0 amide bonds. The van der Waals surface area contributed by atoms with E-state index in [1.807, 2.05) is 18.2 Å². The molecule has 1 fully saturated rings. The Morgan fingerprint density at radius 2 is 1.89 bits per heavy atom. The van der Waals surface area contributed by atoms with Gasteiger partial charge < -0.3 is 16.0 Å². The molecule has 0 bridgehead atoms. The minimum atomic E-state index is 0. The van der Waals surface area contributed by atoms with Crippen LogP contribution in [0, 0.1) is 0 Å². The molecule has 2 heterocycles. The van der Waals surface area contributed by atoms with Gasteiger partial charge in [0.25, 0.3) is 0 Å². The number of halogens is 1. The largest absolute Gasteiger partial charge is 0.370 e. The first-order valence-corrected chi connectivity index (χ1v) is 9.65. The molecule has 0 saturated carbocycles. The molecule has 3 N–H and O–H groups in total.